The predicted molar refractivity (Wildman–Crippen MR) is 57.3 cm³/mol. The quantitative estimate of drug-likeness (QED) is 0.521. The van der Waals surface area contributed by atoms with Crippen LogP contribution in [-0.2, 0) is 0 Å². The molecule has 1 heteroatoms. The molecule has 0 aliphatic carbocycles. The van der Waals surface area contributed by atoms with E-state index in [1.54, 1.807) is 6.92 Å². The van der Waals surface area contributed by atoms with Gasteiger partial charge in [0, 0.05) is 0 Å². The summed E-state index contributed by atoms with van der Waals surface area (Å²) in [4.78, 5) is 0. The summed E-state index contributed by atoms with van der Waals surface area (Å²) in [5, 5.41) is 9.70. The lowest BCUT2D eigenvalue weighted by Crippen LogP contribution is -2.30. The molecule has 0 unspecified atom stereocenters. The van der Waals surface area contributed by atoms with Crippen molar-refractivity contribution in [2.24, 2.45) is 5.92 Å². The van der Waals surface area contributed by atoms with E-state index in [9.17, 15) is 5.11 Å². The Morgan fingerprint density at radius 1 is 1.62 bits per heavy atom. The number of aliphatic hydroxyl groups is 1. The molecule has 13 heavy (non-hydrogen) atoms. The largest absolute Gasteiger partial charge is 0.378 e. The highest BCUT2D eigenvalue weighted by molar-refractivity contribution is 5.07. The fraction of sp³-hybridized carbons (Fsp3) is 0.667. The molecule has 1 N–H and O–H groups in total. The molecule has 0 rings (SSSR count). The van der Waals surface area contributed by atoms with E-state index in [1.165, 1.54) is 5.57 Å². The van der Waals surface area contributed by atoms with Gasteiger partial charge in [0.2, 0.25) is 0 Å². The monoisotopic (exact) mass is 180 g/mol. The van der Waals surface area contributed by atoms with Crippen LogP contribution in [0.2, 0.25) is 0 Å². The number of rotatable bonds is 4. The lowest BCUT2D eigenvalue weighted by Gasteiger charge is -2.24. The van der Waals surface area contributed by atoms with Crippen LogP contribution in [0, 0.1) is 18.3 Å². The van der Waals surface area contributed by atoms with E-state index in [1.807, 2.05) is 6.92 Å². The molecular formula is C12H20O. The Morgan fingerprint density at radius 2 is 2.15 bits per heavy atom. The van der Waals surface area contributed by atoms with Gasteiger partial charge in [-0.25, -0.2) is 0 Å². The molecule has 0 bridgehead atoms. The fourth-order valence-electron chi connectivity index (χ4n) is 1.05. The lowest BCUT2D eigenvalue weighted by atomic mass is 9.88. The van der Waals surface area contributed by atoms with Crippen LogP contribution >= 0.6 is 0 Å². The maximum atomic E-state index is 9.70. The van der Waals surface area contributed by atoms with Gasteiger partial charge in [-0.1, -0.05) is 24.5 Å². The van der Waals surface area contributed by atoms with Crippen LogP contribution in [0.4, 0.5) is 0 Å². The van der Waals surface area contributed by atoms with Crippen LogP contribution in [0.1, 0.15) is 40.5 Å². The summed E-state index contributed by atoms with van der Waals surface area (Å²) in [5.41, 5.74) is 0.350. The van der Waals surface area contributed by atoms with Crippen molar-refractivity contribution in [1.29, 1.82) is 0 Å². The van der Waals surface area contributed by atoms with E-state index in [2.05, 4.69) is 25.8 Å². The van der Waals surface area contributed by atoms with E-state index in [-0.39, 0.29) is 5.92 Å². The van der Waals surface area contributed by atoms with Gasteiger partial charge in [0.15, 0.2) is 0 Å². The molecule has 0 aromatic heterocycles. The van der Waals surface area contributed by atoms with Crippen LogP contribution < -0.4 is 0 Å². The van der Waals surface area contributed by atoms with Gasteiger partial charge in [0.1, 0.15) is 5.60 Å². The van der Waals surface area contributed by atoms with Crippen molar-refractivity contribution < 1.29 is 5.11 Å². The Morgan fingerprint density at radius 3 is 2.54 bits per heavy atom. The Bertz CT molecular complexity index is 214. The third kappa shape index (κ3) is 4.75. The first-order valence-corrected chi connectivity index (χ1v) is 4.73. The van der Waals surface area contributed by atoms with Crippen molar-refractivity contribution in [3.05, 3.63) is 11.6 Å². The van der Waals surface area contributed by atoms with Crippen molar-refractivity contribution in [2.75, 3.05) is 0 Å². The topological polar surface area (TPSA) is 20.2 Å². The second kappa shape index (κ2) is 5.09. The molecule has 74 valence electrons. The summed E-state index contributed by atoms with van der Waals surface area (Å²) in [6.45, 7) is 7.83. The molecule has 0 aliphatic heterocycles. The van der Waals surface area contributed by atoms with Crippen LogP contribution in [-0.4, -0.2) is 10.7 Å². The van der Waals surface area contributed by atoms with Gasteiger partial charge in [-0.3, -0.25) is 0 Å². The normalized spacial score (nSPS) is 16.9. The first-order chi connectivity index (χ1) is 5.90. The average molecular weight is 180 g/mol. The molecule has 0 aromatic rings. The zero-order chi connectivity index (χ0) is 10.5. The minimum absolute atomic E-state index is 0.146. The second-order valence-electron chi connectivity index (χ2n) is 4.05. The van der Waals surface area contributed by atoms with Gasteiger partial charge in [0.25, 0.3) is 0 Å². The molecule has 0 heterocycles. The number of hydrogen-bond acceptors (Lipinski definition) is 1. The maximum Gasteiger partial charge on any atom is 0.125 e. The second-order valence-corrected chi connectivity index (χ2v) is 4.05. The van der Waals surface area contributed by atoms with Crippen molar-refractivity contribution in [3.8, 4) is 12.3 Å². The van der Waals surface area contributed by atoms with Gasteiger partial charge < -0.3 is 5.11 Å². The molecule has 0 fully saturated rings. The summed E-state index contributed by atoms with van der Waals surface area (Å²) in [7, 11) is 0. The Balaban J connectivity index is 3.97. The summed E-state index contributed by atoms with van der Waals surface area (Å²) in [6, 6.07) is 0. The molecule has 0 aliphatic rings. The maximum absolute atomic E-state index is 9.70. The van der Waals surface area contributed by atoms with Crippen LogP contribution in [0.5, 0.6) is 0 Å². The molecular weight excluding hydrogens is 160 g/mol. The minimum atomic E-state index is -0.963. The predicted octanol–water partition coefficient (Wildman–Crippen LogP) is 2.75. The summed E-state index contributed by atoms with van der Waals surface area (Å²) in [6.07, 6.45) is 9.31. The van der Waals surface area contributed by atoms with Gasteiger partial charge in [0.05, 0.1) is 0 Å². The van der Waals surface area contributed by atoms with Crippen LogP contribution in [0.3, 0.4) is 0 Å². The van der Waals surface area contributed by atoms with E-state index < -0.39 is 5.60 Å². The molecule has 0 aromatic carbocycles. The minimum Gasteiger partial charge on any atom is -0.378 e. The third-order valence-electron chi connectivity index (χ3n) is 2.40. The molecule has 1 nitrogen and oxygen atoms in total. The highest BCUT2D eigenvalue weighted by atomic mass is 16.3. The van der Waals surface area contributed by atoms with Gasteiger partial charge in [-0.05, 0) is 39.5 Å². The van der Waals surface area contributed by atoms with Crippen LogP contribution in [0.25, 0.3) is 0 Å². The highest BCUT2D eigenvalue weighted by Crippen LogP contribution is 2.21. The van der Waals surface area contributed by atoms with E-state index in [4.69, 9.17) is 6.42 Å². The lowest BCUT2D eigenvalue weighted by molar-refractivity contribution is 0.0608. The average Bonchev–Trinajstić information content (AvgIpc) is 2.03. The Kier molecular flexibility index (Phi) is 4.80. The number of hydrogen-bond donors (Lipinski definition) is 1. The fourth-order valence-corrected chi connectivity index (χ4v) is 1.05. The zero-order valence-electron chi connectivity index (χ0n) is 9.09. The van der Waals surface area contributed by atoms with Crippen molar-refractivity contribution in [2.45, 2.75) is 46.1 Å². The standard InChI is InChI=1S/C12H20O/c1-6-12(5,13)11(4)9-7-8-10(2)3/h1,8,11,13H,7,9H2,2-5H3/t11-,12-/m0/s1. The molecule has 0 amide bonds. The van der Waals surface area contributed by atoms with E-state index in [0.717, 1.165) is 12.8 Å². The third-order valence-corrected chi connectivity index (χ3v) is 2.40. The number of allylic oxidation sites excluding steroid dienone is 2. The molecule has 0 radical (unpaired) electrons. The first-order valence-electron chi connectivity index (χ1n) is 4.73. The Labute approximate surface area is 81.9 Å². The summed E-state index contributed by atoms with van der Waals surface area (Å²) >= 11 is 0. The van der Waals surface area contributed by atoms with E-state index in [0.29, 0.717) is 0 Å². The summed E-state index contributed by atoms with van der Waals surface area (Å²) in [5.74, 6) is 2.56. The number of terminal acetylenes is 1. The highest BCUT2D eigenvalue weighted by Gasteiger charge is 2.24. The van der Waals surface area contributed by atoms with Gasteiger partial charge >= 0.3 is 0 Å². The Hall–Kier alpha value is -0.740. The van der Waals surface area contributed by atoms with Gasteiger partial charge in [-0.2, -0.15) is 0 Å². The SMILES string of the molecule is C#C[C@](C)(O)[C@@H](C)CCC=C(C)C. The first kappa shape index (κ1) is 12.3. The smallest absolute Gasteiger partial charge is 0.125 e. The van der Waals surface area contributed by atoms with Gasteiger partial charge in [-0.15, -0.1) is 6.42 Å². The molecule has 0 saturated carbocycles. The van der Waals surface area contributed by atoms with Crippen molar-refractivity contribution >= 4 is 0 Å². The molecule has 0 spiro atoms. The zero-order valence-corrected chi connectivity index (χ0v) is 9.09. The summed E-state index contributed by atoms with van der Waals surface area (Å²) < 4.78 is 0. The van der Waals surface area contributed by atoms with Crippen molar-refractivity contribution in [3.63, 3.8) is 0 Å². The van der Waals surface area contributed by atoms with Crippen LogP contribution in [0.15, 0.2) is 11.6 Å². The molecule has 2 atom stereocenters. The molecule has 0 saturated heterocycles. The van der Waals surface area contributed by atoms with Crippen molar-refractivity contribution in [1.82, 2.24) is 0 Å². The van der Waals surface area contributed by atoms with E-state index >= 15 is 0 Å².